The van der Waals surface area contributed by atoms with Crippen LogP contribution in [0.5, 0.6) is 0 Å². The second-order valence-corrected chi connectivity index (χ2v) is 4.14. The van der Waals surface area contributed by atoms with Gasteiger partial charge in [0.1, 0.15) is 0 Å². The molecule has 0 aromatic rings. The van der Waals surface area contributed by atoms with E-state index in [0.717, 1.165) is 32.4 Å². The minimum atomic E-state index is 0.0716. The third-order valence-electron chi connectivity index (χ3n) is 2.70. The van der Waals surface area contributed by atoms with Crippen molar-refractivity contribution in [1.82, 2.24) is 10.6 Å². The minimum Gasteiger partial charge on any atom is -0.377 e. The van der Waals surface area contributed by atoms with Gasteiger partial charge in [0.2, 0.25) is 5.91 Å². The third-order valence-corrected chi connectivity index (χ3v) is 2.70. The molecule has 4 nitrogen and oxygen atoms in total. The Morgan fingerprint density at radius 3 is 3.00 bits per heavy atom. The van der Waals surface area contributed by atoms with Gasteiger partial charge in [0, 0.05) is 19.2 Å². The van der Waals surface area contributed by atoms with Crippen LogP contribution in [0, 0.1) is 0 Å². The molecule has 1 fully saturated rings. The smallest absolute Gasteiger partial charge is 0.234 e. The lowest BCUT2D eigenvalue weighted by Crippen LogP contribution is -2.40. The number of hydrogen-bond acceptors (Lipinski definition) is 3. The van der Waals surface area contributed by atoms with Crippen molar-refractivity contribution in [3.05, 3.63) is 0 Å². The van der Waals surface area contributed by atoms with Gasteiger partial charge < -0.3 is 15.4 Å². The van der Waals surface area contributed by atoms with Crippen LogP contribution < -0.4 is 10.6 Å². The molecule has 2 N–H and O–H groups in total. The normalized spacial score (nSPS) is 22.7. The van der Waals surface area contributed by atoms with Crippen LogP contribution in [0.15, 0.2) is 0 Å². The van der Waals surface area contributed by atoms with Crippen molar-refractivity contribution >= 4 is 5.91 Å². The number of hydrogen-bond donors (Lipinski definition) is 2. The second kappa shape index (κ2) is 6.80. The summed E-state index contributed by atoms with van der Waals surface area (Å²) in [6.45, 7) is 6.12. The highest BCUT2D eigenvalue weighted by Crippen LogP contribution is 2.10. The fraction of sp³-hybridized carbons (Fsp3) is 0.909. The highest BCUT2D eigenvalue weighted by molar-refractivity contribution is 5.78. The molecule has 1 amide bonds. The lowest BCUT2D eigenvalue weighted by atomic mass is 10.2. The van der Waals surface area contributed by atoms with E-state index in [1.807, 2.05) is 6.92 Å². The molecule has 0 aromatic carbocycles. The van der Waals surface area contributed by atoms with E-state index >= 15 is 0 Å². The van der Waals surface area contributed by atoms with Gasteiger partial charge in [0.05, 0.1) is 12.6 Å². The third kappa shape index (κ3) is 5.14. The van der Waals surface area contributed by atoms with Gasteiger partial charge in [-0.05, 0) is 26.2 Å². The predicted octanol–water partition coefficient (Wildman–Crippen LogP) is 0.670. The molecule has 1 aliphatic heterocycles. The van der Waals surface area contributed by atoms with E-state index in [4.69, 9.17) is 4.74 Å². The Balaban J connectivity index is 2.01. The number of nitrogens with one attached hydrogen (secondary N) is 2. The molecule has 1 heterocycles. The summed E-state index contributed by atoms with van der Waals surface area (Å²) < 4.78 is 5.44. The summed E-state index contributed by atoms with van der Waals surface area (Å²) >= 11 is 0. The fourth-order valence-electron chi connectivity index (χ4n) is 1.58. The molecular weight excluding hydrogens is 192 g/mol. The first-order valence-electron chi connectivity index (χ1n) is 5.84. The van der Waals surface area contributed by atoms with Crippen LogP contribution in [0.4, 0.5) is 0 Å². The molecule has 0 radical (unpaired) electrons. The average Bonchev–Trinajstić information content (AvgIpc) is 2.70. The number of rotatable bonds is 6. The predicted molar refractivity (Wildman–Crippen MR) is 59.7 cm³/mol. The van der Waals surface area contributed by atoms with Crippen molar-refractivity contribution in [2.75, 3.05) is 19.7 Å². The molecule has 15 heavy (non-hydrogen) atoms. The van der Waals surface area contributed by atoms with Gasteiger partial charge >= 0.3 is 0 Å². The topological polar surface area (TPSA) is 50.4 Å². The highest BCUT2D eigenvalue weighted by atomic mass is 16.5. The van der Waals surface area contributed by atoms with Gasteiger partial charge in [-0.2, -0.15) is 0 Å². The lowest BCUT2D eigenvalue weighted by Gasteiger charge is -2.13. The SMILES string of the molecule is CCC(C)NC(=O)CNCC1CCCO1. The van der Waals surface area contributed by atoms with E-state index in [-0.39, 0.29) is 11.9 Å². The molecule has 1 aliphatic rings. The van der Waals surface area contributed by atoms with Crippen LogP contribution >= 0.6 is 0 Å². The molecule has 0 bridgehead atoms. The Morgan fingerprint density at radius 2 is 2.40 bits per heavy atom. The van der Waals surface area contributed by atoms with Gasteiger partial charge in [-0.3, -0.25) is 4.79 Å². The van der Waals surface area contributed by atoms with E-state index in [9.17, 15) is 4.79 Å². The molecule has 2 atom stereocenters. The Hall–Kier alpha value is -0.610. The highest BCUT2D eigenvalue weighted by Gasteiger charge is 2.15. The van der Waals surface area contributed by atoms with Crippen molar-refractivity contribution in [3.8, 4) is 0 Å². The number of amides is 1. The molecule has 2 unspecified atom stereocenters. The van der Waals surface area contributed by atoms with Crippen molar-refractivity contribution in [2.45, 2.75) is 45.3 Å². The summed E-state index contributed by atoms with van der Waals surface area (Å²) in [6, 6.07) is 0.266. The first-order valence-corrected chi connectivity index (χ1v) is 5.84. The van der Waals surface area contributed by atoms with Crippen LogP contribution in [0.1, 0.15) is 33.1 Å². The van der Waals surface area contributed by atoms with Gasteiger partial charge in [-0.1, -0.05) is 6.92 Å². The number of carbonyl (C=O) groups excluding carboxylic acids is 1. The Kier molecular flexibility index (Phi) is 5.65. The summed E-state index contributed by atoms with van der Waals surface area (Å²) in [4.78, 5) is 11.4. The summed E-state index contributed by atoms with van der Waals surface area (Å²) in [6.07, 6.45) is 3.53. The maximum Gasteiger partial charge on any atom is 0.234 e. The Labute approximate surface area is 91.8 Å². The number of carbonyl (C=O) groups is 1. The Morgan fingerprint density at radius 1 is 1.60 bits per heavy atom. The molecule has 1 rings (SSSR count). The summed E-state index contributed by atoms with van der Waals surface area (Å²) in [5.41, 5.74) is 0. The number of ether oxygens (including phenoxy) is 1. The molecule has 1 saturated heterocycles. The van der Waals surface area contributed by atoms with Crippen molar-refractivity contribution in [3.63, 3.8) is 0 Å². The monoisotopic (exact) mass is 214 g/mol. The van der Waals surface area contributed by atoms with Gasteiger partial charge in [0.15, 0.2) is 0 Å². The van der Waals surface area contributed by atoms with Crippen molar-refractivity contribution in [1.29, 1.82) is 0 Å². The molecule has 88 valence electrons. The molecule has 0 saturated carbocycles. The standard InChI is InChI=1S/C11H22N2O2/c1-3-9(2)13-11(14)8-12-7-10-5-4-6-15-10/h9-10,12H,3-8H2,1-2H3,(H,13,14). The summed E-state index contributed by atoms with van der Waals surface area (Å²) in [5, 5.41) is 6.03. The zero-order chi connectivity index (χ0) is 11.1. The van der Waals surface area contributed by atoms with Crippen LogP contribution in [0.3, 0.4) is 0 Å². The van der Waals surface area contributed by atoms with E-state index in [1.165, 1.54) is 0 Å². The molecule has 0 spiro atoms. The fourth-order valence-corrected chi connectivity index (χ4v) is 1.58. The zero-order valence-corrected chi connectivity index (χ0v) is 9.71. The van der Waals surface area contributed by atoms with E-state index in [1.54, 1.807) is 0 Å². The quantitative estimate of drug-likeness (QED) is 0.683. The van der Waals surface area contributed by atoms with E-state index in [2.05, 4.69) is 17.6 Å². The van der Waals surface area contributed by atoms with Crippen molar-refractivity contribution in [2.24, 2.45) is 0 Å². The average molecular weight is 214 g/mol. The molecule has 4 heteroatoms. The lowest BCUT2D eigenvalue weighted by molar-refractivity contribution is -0.120. The van der Waals surface area contributed by atoms with Crippen LogP contribution in [0.2, 0.25) is 0 Å². The van der Waals surface area contributed by atoms with E-state index < -0.39 is 0 Å². The zero-order valence-electron chi connectivity index (χ0n) is 9.71. The van der Waals surface area contributed by atoms with Crippen LogP contribution in [0.25, 0.3) is 0 Å². The molecule has 0 aromatic heterocycles. The maximum atomic E-state index is 11.4. The Bertz CT molecular complexity index is 191. The molecule has 0 aliphatic carbocycles. The van der Waals surface area contributed by atoms with Crippen LogP contribution in [-0.2, 0) is 9.53 Å². The second-order valence-electron chi connectivity index (χ2n) is 4.14. The van der Waals surface area contributed by atoms with Gasteiger partial charge in [-0.15, -0.1) is 0 Å². The van der Waals surface area contributed by atoms with Crippen LogP contribution in [-0.4, -0.2) is 37.7 Å². The van der Waals surface area contributed by atoms with Gasteiger partial charge in [0.25, 0.3) is 0 Å². The molecular formula is C11H22N2O2. The summed E-state index contributed by atoms with van der Waals surface area (Å²) in [5.74, 6) is 0.0716. The van der Waals surface area contributed by atoms with E-state index in [0.29, 0.717) is 12.6 Å². The maximum absolute atomic E-state index is 11.4. The largest absolute Gasteiger partial charge is 0.377 e. The van der Waals surface area contributed by atoms with Gasteiger partial charge in [-0.25, -0.2) is 0 Å². The summed E-state index contributed by atoms with van der Waals surface area (Å²) in [7, 11) is 0. The minimum absolute atomic E-state index is 0.0716. The first kappa shape index (κ1) is 12.5. The first-order chi connectivity index (χ1) is 7.22. The van der Waals surface area contributed by atoms with Crippen molar-refractivity contribution < 1.29 is 9.53 Å².